The van der Waals surface area contributed by atoms with Gasteiger partial charge in [-0.25, -0.2) is 0 Å². The lowest BCUT2D eigenvalue weighted by molar-refractivity contribution is -0.790. The first-order chi connectivity index (χ1) is 8.60. The molecule has 0 aromatic heterocycles. The topological polar surface area (TPSA) is 122 Å². The van der Waals surface area contributed by atoms with E-state index < -0.39 is 22.9 Å². The summed E-state index contributed by atoms with van der Waals surface area (Å²) in [6.07, 6.45) is -0.737. The Morgan fingerprint density at radius 3 is 2.21 bits per heavy atom. The van der Waals surface area contributed by atoms with Gasteiger partial charge in [0.15, 0.2) is 0 Å². The fraction of sp³-hybridized carbons (Fsp3) is 0.900. The van der Waals surface area contributed by atoms with E-state index in [1.54, 1.807) is 0 Å². The van der Waals surface area contributed by atoms with Crippen molar-refractivity contribution in [2.24, 2.45) is 5.41 Å². The molecule has 9 heteroatoms. The lowest BCUT2D eigenvalue weighted by Gasteiger charge is -2.18. The van der Waals surface area contributed by atoms with E-state index in [9.17, 15) is 25.0 Å². The summed E-state index contributed by atoms with van der Waals surface area (Å²) in [6.45, 7) is 5.11. The molecule has 0 N–H and O–H groups in total. The second-order valence-corrected chi connectivity index (χ2v) is 5.29. The van der Waals surface area contributed by atoms with Gasteiger partial charge in [0, 0.05) is 12.8 Å². The number of ketones is 1. The summed E-state index contributed by atoms with van der Waals surface area (Å²) in [7, 11) is 0. The van der Waals surface area contributed by atoms with Crippen molar-refractivity contribution in [3.63, 3.8) is 0 Å². The van der Waals surface area contributed by atoms with Crippen LogP contribution in [0.3, 0.4) is 0 Å². The second-order valence-electron chi connectivity index (χ2n) is 5.29. The van der Waals surface area contributed by atoms with Crippen LogP contribution in [-0.2, 0) is 14.5 Å². The summed E-state index contributed by atoms with van der Waals surface area (Å²) in [5.74, 6) is -0.0782. The fourth-order valence-electron chi connectivity index (χ4n) is 1.43. The van der Waals surface area contributed by atoms with Gasteiger partial charge in [-0.2, -0.15) is 0 Å². The molecule has 0 spiro atoms. The number of carbonyl (C=O) groups is 1. The molecule has 0 saturated heterocycles. The van der Waals surface area contributed by atoms with Crippen molar-refractivity contribution in [2.45, 2.75) is 46.1 Å². The third-order valence-electron chi connectivity index (χ3n) is 2.07. The molecule has 0 aromatic rings. The quantitative estimate of drug-likeness (QED) is 0.463. The van der Waals surface area contributed by atoms with E-state index in [2.05, 4.69) is 9.68 Å². The van der Waals surface area contributed by atoms with Crippen molar-refractivity contribution in [1.82, 2.24) is 0 Å². The van der Waals surface area contributed by atoms with Crippen LogP contribution < -0.4 is 0 Å². The smallest absolute Gasteiger partial charge is 0.294 e. The van der Waals surface area contributed by atoms with Crippen LogP contribution in [-0.4, -0.2) is 28.7 Å². The van der Waals surface area contributed by atoms with Crippen molar-refractivity contribution < 1.29 is 24.6 Å². The highest BCUT2D eigenvalue weighted by Gasteiger charge is 2.20. The van der Waals surface area contributed by atoms with Crippen LogP contribution in [0.5, 0.6) is 0 Å². The molecule has 0 fully saturated rings. The summed E-state index contributed by atoms with van der Waals surface area (Å²) in [5, 5.41) is 18.1. The fourth-order valence-corrected chi connectivity index (χ4v) is 1.43. The summed E-state index contributed by atoms with van der Waals surface area (Å²) in [5.41, 5.74) is -0.173. The molecular formula is C10H18N2O7. The average molecular weight is 278 g/mol. The number of rotatable bonds is 9. The molecule has 0 aliphatic carbocycles. The molecule has 19 heavy (non-hydrogen) atoms. The zero-order valence-electron chi connectivity index (χ0n) is 11.2. The summed E-state index contributed by atoms with van der Waals surface area (Å²) >= 11 is 0. The van der Waals surface area contributed by atoms with E-state index in [4.69, 9.17) is 0 Å². The van der Waals surface area contributed by atoms with Gasteiger partial charge in [0.1, 0.15) is 18.5 Å². The Balaban J connectivity index is 4.21. The van der Waals surface area contributed by atoms with E-state index in [0.29, 0.717) is 6.42 Å². The van der Waals surface area contributed by atoms with E-state index in [-0.39, 0.29) is 24.0 Å². The van der Waals surface area contributed by atoms with Crippen LogP contribution in [0.2, 0.25) is 0 Å². The van der Waals surface area contributed by atoms with Crippen LogP contribution >= 0.6 is 0 Å². The highest BCUT2D eigenvalue weighted by Crippen LogP contribution is 2.20. The number of hydrogen-bond acceptors (Lipinski definition) is 7. The van der Waals surface area contributed by atoms with Crippen LogP contribution in [0.4, 0.5) is 0 Å². The third-order valence-corrected chi connectivity index (χ3v) is 2.07. The zero-order valence-corrected chi connectivity index (χ0v) is 11.2. The third kappa shape index (κ3) is 10.9. The van der Waals surface area contributed by atoms with Gasteiger partial charge in [0.2, 0.25) is 0 Å². The normalized spacial score (nSPS) is 12.6. The Morgan fingerprint density at radius 1 is 1.21 bits per heavy atom. The minimum absolute atomic E-state index is 0.00370. The second kappa shape index (κ2) is 7.49. The van der Waals surface area contributed by atoms with Crippen molar-refractivity contribution >= 4 is 5.78 Å². The van der Waals surface area contributed by atoms with E-state index in [1.807, 2.05) is 20.8 Å². The van der Waals surface area contributed by atoms with Gasteiger partial charge in [0.25, 0.3) is 10.2 Å². The van der Waals surface area contributed by atoms with Crippen molar-refractivity contribution in [1.29, 1.82) is 0 Å². The first-order valence-electron chi connectivity index (χ1n) is 5.70. The molecule has 0 saturated carbocycles. The Bertz CT molecular complexity index is 337. The molecule has 0 amide bonds. The SMILES string of the molecule is CC(C)(C)CC(=O)CCC(CO[N+](=O)[O-])O[N+](=O)[O-]. The number of Topliss-reactive ketones (excluding diaryl/α,β-unsaturated/α-hetero) is 1. The first kappa shape index (κ1) is 17.1. The maximum absolute atomic E-state index is 11.6. The molecule has 1 atom stereocenters. The molecule has 0 aliphatic heterocycles. The highest BCUT2D eigenvalue weighted by atomic mass is 17.0. The van der Waals surface area contributed by atoms with Crippen LogP contribution in [0.25, 0.3) is 0 Å². The molecule has 0 radical (unpaired) electrons. The van der Waals surface area contributed by atoms with E-state index in [0.717, 1.165) is 0 Å². The number of nitrogens with zero attached hydrogens (tertiary/aromatic N) is 2. The Kier molecular flexibility index (Phi) is 6.73. The average Bonchev–Trinajstić information content (AvgIpc) is 2.18. The van der Waals surface area contributed by atoms with Crippen molar-refractivity contribution in [3.8, 4) is 0 Å². The molecule has 0 rings (SSSR count). The van der Waals surface area contributed by atoms with Crippen LogP contribution in [0, 0.1) is 25.6 Å². The summed E-state index contributed by atoms with van der Waals surface area (Å²) in [6, 6.07) is 0. The van der Waals surface area contributed by atoms with Crippen LogP contribution in [0.1, 0.15) is 40.0 Å². The minimum atomic E-state index is -1.12. The van der Waals surface area contributed by atoms with Crippen molar-refractivity contribution in [3.05, 3.63) is 20.2 Å². The van der Waals surface area contributed by atoms with Gasteiger partial charge in [-0.05, 0) is 11.8 Å². The predicted molar refractivity (Wildman–Crippen MR) is 63.1 cm³/mol. The van der Waals surface area contributed by atoms with Crippen LogP contribution in [0.15, 0.2) is 0 Å². The number of hydrogen-bond donors (Lipinski definition) is 0. The Labute approximate surface area is 110 Å². The van der Waals surface area contributed by atoms with Gasteiger partial charge < -0.3 is 9.68 Å². The number of carbonyl (C=O) groups excluding carboxylic acids is 1. The van der Waals surface area contributed by atoms with Crippen molar-refractivity contribution in [2.75, 3.05) is 6.61 Å². The molecule has 9 nitrogen and oxygen atoms in total. The molecule has 0 aliphatic rings. The summed E-state index contributed by atoms with van der Waals surface area (Å²) < 4.78 is 0. The molecule has 0 bridgehead atoms. The first-order valence-corrected chi connectivity index (χ1v) is 5.70. The van der Waals surface area contributed by atoms with Gasteiger partial charge in [0.05, 0.1) is 0 Å². The van der Waals surface area contributed by atoms with Gasteiger partial charge in [-0.1, -0.05) is 20.8 Å². The lowest BCUT2D eigenvalue weighted by atomic mass is 9.88. The minimum Gasteiger partial charge on any atom is -0.312 e. The lowest BCUT2D eigenvalue weighted by Crippen LogP contribution is -2.26. The monoisotopic (exact) mass is 278 g/mol. The van der Waals surface area contributed by atoms with Gasteiger partial charge >= 0.3 is 0 Å². The largest absolute Gasteiger partial charge is 0.312 e. The van der Waals surface area contributed by atoms with Gasteiger partial charge in [-0.15, -0.1) is 20.2 Å². The van der Waals surface area contributed by atoms with E-state index >= 15 is 0 Å². The zero-order chi connectivity index (χ0) is 15.1. The molecule has 110 valence electrons. The molecule has 1 unspecified atom stereocenters. The maximum atomic E-state index is 11.6. The predicted octanol–water partition coefficient (Wildman–Crippen LogP) is 1.56. The van der Waals surface area contributed by atoms with Gasteiger partial charge in [-0.3, -0.25) is 4.79 Å². The Hall–Kier alpha value is -1.93. The molecular weight excluding hydrogens is 260 g/mol. The highest BCUT2D eigenvalue weighted by molar-refractivity contribution is 5.78. The standard InChI is InChI=1S/C10H18N2O7/c1-10(2,3)6-8(13)4-5-9(19-12(16)17)7-18-11(14)15/h9H,4-7H2,1-3H3. The van der Waals surface area contributed by atoms with E-state index in [1.165, 1.54) is 0 Å². The molecule has 0 aromatic carbocycles. The maximum Gasteiger partial charge on any atom is 0.294 e. The Morgan fingerprint density at radius 2 is 1.79 bits per heavy atom. The summed E-state index contributed by atoms with van der Waals surface area (Å²) in [4.78, 5) is 40.0. The molecule has 0 heterocycles.